The molecule has 0 fully saturated rings. The van der Waals surface area contributed by atoms with Crippen LogP contribution in [0.15, 0.2) is 60.7 Å². The second kappa shape index (κ2) is 31.1. The summed E-state index contributed by atoms with van der Waals surface area (Å²) in [6.45, 7) is 6.62. The molecule has 0 aliphatic rings. The van der Waals surface area contributed by atoms with Gasteiger partial charge in [-0.3, -0.25) is 4.55 Å². The Balaban J connectivity index is 1.75. The van der Waals surface area contributed by atoms with E-state index in [-0.39, 0.29) is 25.0 Å². The SMILES string of the molecule is C[N+](C)(CCCOc1cc(/C=C/c2ccc(/C=C/c3cc(OCCC[N+](C)(C)CCCS(=O)(=O)[O-])cc(OCCC[N+](C)(C)CCCS(=O)(=O)O)c3)cc2)cc(OCCC[N+](C)(C)CCCS(=O)(=O)[O-])c1)CCCS(=O)(=O)[O-]. The van der Waals surface area contributed by atoms with Gasteiger partial charge in [0.05, 0.1) is 171 Å². The van der Waals surface area contributed by atoms with Crippen LogP contribution in [0.25, 0.3) is 24.3 Å². The molecule has 0 amide bonds. The molecular formula is C54H87N4O16S4+. The van der Waals surface area contributed by atoms with Crippen LogP contribution < -0.4 is 18.9 Å². The van der Waals surface area contributed by atoms with Crippen molar-refractivity contribution in [3.63, 3.8) is 0 Å². The highest BCUT2D eigenvalue weighted by Crippen LogP contribution is 2.27. The Hall–Kier alpha value is -4.18. The molecule has 20 nitrogen and oxygen atoms in total. The normalized spacial score (nSPS) is 13.4. The average Bonchev–Trinajstić information content (AvgIpc) is 3.29. The van der Waals surface area contributed by atoms with Crippen molar-refractivity contribution in [2.45, 2.75) is 51.4 Å². The van der Waals surface area contributed by atoms with Crippen LogP contribution in [0.1, 0.15) is 73.6 Å². The maximum atomic E-state index is 11.2. The molecular weight excluding hydrogens is 1090 g/mol. The molecule has 0 saturated carbocycles. The van der Waals surface area contributed by atoms with Gasteiger partial charge in [-0.15, -0.1) is 0 Å². The van der Waals surface area contributed by atoms with Crippen molar-refractivity contribution >= 4 is 64.8 Å². The van der Waals surface area contributed by atoms with Crippen LogP contribution in [0, 0.1) is 0 Å². The van der Waals surface area contributed by atoms with Gasteiger partial charge in [0.2, 0.25) is 0 Å². The molecule has 0 aliphatic heterocycles. The first-order chi connectivity index (χ1) is 36.0. The largest absolute Gasteiger partial charge is 0.748 e. The fraction of sp³-hybridized carbons (Fsp3) is 0.593. The highest BCUT2D eigenvalue weighted by Gasteiger charge is 2.20. The van der Waals surface area contributed by atoms with E-state index in [0.29, 0.717) is 145 Å². The molecule has 78 heavy (non-hydrogen) atoms. The summed E-state index contributed by atoms with van der Waals surface area (Å²) in [5.74, 6) is 0.975. The molecule has 0 bridgehead atoms. The number of rotatable bonds is 40. The second-order valence-corrected chi connectivity index (χ2v) is 28.8. The van der Waals surface area contributed by atoms with Gasteiger partial charge in [0.1, 0.15) is 23.0 Å². The smallest absolute Gasteiger partial charge is 0.265 e. The van der Waals surface area contributed by atoms with Crippen molar-refractivity contribution < 1.29 is 88.8 Å². The molecule has 0 atom stereocenters. The van der Waals surface area contributed by atoms with E-state index in [1.165, 1.54) is 0 Å². The predicted molar refractivity (Wildman–Crippen MR) is 304 cm³/mol. The van der Waals surface area contributed by atoms with Gasteiger partial charge in [0.25, 0.3) is 10.1 Å². The van der Waals surface area contributed by atoms with Crippen LogP contribution in [0.3, 0.4) is 0 Å². The van der Waals surface area contributed by atoms with E-state index in [1.807, 2.05) is 141 Å². The first-order valence-electron chi connectivity index (χ1n) is 26.4. The van der Waals surface area contributed by atoms with Gasteiger partial charge in [0, 0.05) is 80.8 Å². The minimum Gasteiger partial charge on any atom is -0.748 e. The van der Waals surface area contributed by atoms with Crippen LogP contribution in [0.2, 0.25) is 0 Å². The molecule has 3 rings (SSSR count). The van der Waals surface area contributed by atoms with E-state index in [9.17, 15) is 47.3 Å². The Bertz CT molecular complexity index is 2490. The summed E-state index contributed by atoms with van der Waals surface area (Å²) in [6.07, 6.45) is 11.8. The lowest BCUT2D eigenvalue weighted by molar-refractivity contribution is -0.890. The molecule has 1 N–H and O–H groups in total. The van der Waals surface area contributed by atoms with Gasteiger partial charge in [0.15, 0.2) is 0 Å². The summed E-state index contributed by atoms with van der Waals surface area (Å²) in [7, 11) is -0.921. The Kier molecular flexibility index (Phi) is 27.2. The van der Waals surface area contributed by atoms with Crippen molar-refractivity contribution in [2.75, 3.05) is 158 Å². The highest BCUT2D eigenvalue weighted by atomic mass is 32.2. The van der Waals surface area contributed by atoms with E-state index >= 15 is 0 Å². The van der Waals surface area contributed by atoms with E-state index in [0.717, 1.165) is 28.8 Å². The fourth-order valence-corrected chi connectivity index (χ4v) is 10.6. The van der Waals surface area contributed by atoms with Gasteiger partial charge in [-0.25, -0.2) is 25.3 Å². The maximum Gasteiger partial charge on any atom is 0.265 e. The van der Waals surface area contributed by atoms with E-state index in [2.05, 4.69) is 0 Å². The Morgan fingerprint density at radius 1 is 0.359 bits per heavy atom. The third-order valence-electron chi connectivity index (χ3n) is 13.0. The first-order valence-corrected chi connectivity index (χ1v) is 32.7. The van der Waals surface area contributed by atoms with Crippen molar-refractivity contribution in [1.29, 1.82) is 0 Å². The van der Waals surface area contributed by atoms with Gasteiger partial charge in [-0.05, 0) is 46.5 Å². The van der Waals surface area contributed by atoms with Crippen LogP contribution in [0.5, 0.6) is 23.0 Å². The van der Waals surface area contributed by atoms with Crippen LogP contribution in [-0.2, 0) is 40.5 Å². The van der Waals surface area contributed by atoms with Crippen molar-refractivity contribution in [2.24, 2.45) is 0 Å². The van der Waals surface area contributed by atoms with Crippen molar-refractivity contribution in [1.82, 2.24) is 0 Å². The minimum absolute atomic E-state index is 0.278. The summed E-state index contributed by atoms with van der Waals surface area (Å²) >= 11 is 0. The summed E-state index contributed by atoms with van der Waals surface area (Å²) in [5.41, 5.74) is 3.57. The third kappa shape index (κ3) is 33.4. The van der Waals surface area contributed by atoms with E-state index in [1.54, 1.807) is 0 Å². The van der Waals surface area contributed by atoms with Crippen molar-refractivity contribution in [3.05, 3.63) is 82.9 Å². The number of quaternary nitrogens is 4. The highest BCUT2D eigenvalue weighted by molar-refractivity contribution is 7.86. The monoisotopic (exact) mass is 1180 g/mol. The lowest BCUT2D eigenvalue weighted by Gasteiger charge is -2.30. The number of hydrogen-bond donors (Lipinski definition) is 1. The molecule has 442 valence electrons. The Morgan fingerprint density at radius 3 is 0.808 bits per heavy atom. The predicted octanol–water partition coefficient (Wildman–Crippen LogP) is 5.49. The topological polar surface area (TPSA) is 263 Å². The van der Waals surface area contributed by atoms with Gasteiger partial charge >= 0.3 is 0 Å². The Morgan fingerprint density at radius 2 is 0.577 bits per heavy atom. The molecule has 3 aromatic carbocycles. The zero-order chi connectivity index (χ0) is 58.3. The molecule has 0 spiro atoms. The summed E-state index contributed by atoms with van der Waals surface area (Å²) in [6, 6.07) is 19.4. The van der Waals surface area contributed by atoms with Gasteiger partial charge in [-0.1, -0.05) is 48.6 Å². The zero-order valence-corrected chi connectivity index (χ0v) is 50.3. The number of ether oxygens (including phenoxy) is 4. The van der Waals surface area contributed by atoms with Gasteiger partial charge < -0.3 is 50.5 Å². The number of benzene rings is 3. The third-order valence-corrected chi connectivity index (χ3v) is 16.2. The van der Waals surface area contributed by atoms with Crippen LogP contribution in [0.4, 0.5) is 0 Å². The summed E-state index contributed by atoms with van der Waals surface area (Å²) in [4.78, 5) is 0. The van der Waals surface area contributed by atoms with E-state index in [4.69, 9.17) is 23.5 Å². The summed E-state index contributed by atoms with van der Waals surface area (Å²) in [5, 5.41) is 0. The maximum absolute atomic E-state index is 11.2. The molecule has 0 saturated heterocycles. The van der Waals surface area contributed by atoms with Crippen molar-refractivity contribution in [3.8, 4) is 23.0 Å². The lowest BCUT2D eigenvalue weighted by Crippen LogP contribution is -2.42. The summed E-state index contributed by atoms with van der Waals surface area (Å²) < 4.78 is 159. The molecule has 0 radical (unpaired) electrons. The molecule has 0 unspecified atom stereocenters. The standard InChI is InChI=1S/C54H86N4O16S4/c1-55(2,29-13-37-75(59,60)61)25-9-33-71-51-41-49(42-52(45-51)72-34-10-26-56(3,4)30-14-38-76(62,63)64)23-21-47-17-19-48(20-18-47)22-24-50-43-53(73-35-11-27-57(5,6)31-15-39-77(65,66)67)46-54(44-50)74-36-12-28-58(7,8)32-16-40-78(68,69)70/h17-24,41-46H,9-16,25-40H2,1-8H3/p+1/b23-21+,24-22+. The molecule has 24 heteroatoms. The quantitative estimate of drug-likeness (QED) is 0.0319. The number of nitrogens with zero attached hydrogens (tertiary/aromatic N) is 4. The average molecular weight is 1180 g/mol. The molecule has 3 aromatic rings. The molecule has 0 aromatic heterocycles. The van der Waals surface area contributed by atoms with Gasteiger partial charge in [-0.2, -0.15) is 8.42 Å². The minimum atomic E-state index is -4.27. The Labute approximate surface area is 466 Å². The second-order valence-electron chi connectivity index (χ2n) is 22.6. The first kappa shape index (κ1) is 68.1. The zero-order valence-electron chi connectivity index (χ0n) is 47.0. The van der Waals surface area contributed by atoms with E-state index < -0.39 is 57.7 Å². The van der Waals surface area contributed by atoms with Crippen LogP contribution >= 0.6 is 0 Å². The fourth-order valence-electron chi connectivity index (χ4n) is 8.68. The lowest BCUT2D eigenvalue weighted by atomic mass is 10.1. The van der Waals surface area contributed by atoms with Crippen LogP contribution in [-0.4, -0.2) is 228 Å². The number of hydrogen-bond acceptors (Lipinski definition) is 15. The molecule has 0 aliphatic carbocycles. The molecule has 0 heterocycles.